The Morgan fingerprint density at radius 3 is 2.51 bits per heavy atom. The van der Waals surface area contributed by atoms with Gasteiger partial charge in [0.1, 0.15) is 6.61 Å². The van der Waals surface area contributed by atoms with Crippen LogP contribution in [0.5, 0.6) is 0 Å². The van der Waals surface area contributed by atoms with Crippen molar-refractivity contribution in [3.05, 3.63) is 69.0 Å². The Morgan fingerprint density at radius 1 is 1.06 bits per heavy atom. The maximum atomic E-state index is 13.4. The van der Waals surface area contributed by atoms with Gasteiger partial charge in [0, 0.05) is 38.0 Å². The first-order valence-corrected chi connectivity index (χ1v) is 11.1. The fraction of sp³-hybridized carbons (Fsp3) is 0.320. The number of fused-ring (bicyclic) bond motifs is 4. The van der Waals surface area contributed by atoms with E-state index in [1.807, 2.05) is 18.2 Å². The largest absolute Gasteiger partial charge is 0.445 e. The molecule has 0 radical (unpaired) electrons. The Kier molecular flexibility index (Phi) is 6.56. The number of alkyl carbamates (subject to hydrolysis) is 1. The van der Waals surface area contributed by atoms with E-state index in [0.29, 0.717) is 35.2 Å². The van der Waals surface area contributed by atoms with E-state index in [0.717, 1.165) is 23.3 Å². The van der Waals surface area contributed by atoms with Crippen molar-refractivity contribution in [1.82, 2.24) is 15.2 Å². The van der Waals surface area contributed by atoms with E-state index < -0.39 is 23.4 Å². The Balaban J connectivity index is 1.94. The number of amides is 2. The van der Waals surface area contributed by atoms with E-state index in [4.69, 9.17) is 4.74 Å². The van der Waals surface area contributed by atoms with Gasteiger partial charge in [-0.3, -0.25) is 9.59 Å². The summed E-state index contributed by atoms with van der Waals surface area (Å²) in [5, 5.41) is 5.28. The number of benzene rings is 2. The molecule has 1 aliphatic rings. The molecule has 3 aromatic rings. The SMILES string of the molecule is CNC(=O)CCc1c2n(c(=O)c3cc(C(F)(F)F)ccc13)CCc1ccc(COC(=O)NC)cc1-2. The second-order valence-corrected chi connectivity index (χ2v) is 8.28. The molecule has 4 rings (SSSR count). The average Bonchev–Trinajstić information content (AvgIpc) is 2.85. The van der Waals surface area contributed by atoms with Gasteiger partial charge in [-0.05, 0) is 53.1 Å². The van der Waals surface area contributed by atoms with Crippen molar-refractivity contribution in [2.45, 2.75) is 38.6 Å². The van der Waals surface area contributed by atoms with Crippen molar-refractivity contribution in [3.63, 3.8) is 0 Å². The molecule has 7 nitrogen and oxygen atoms in total. The van der Waals surface area contributed by atoms with Crippen molar-refractivity contribution in [2.75, 3.05) is 14.1 Å². The summed E-state index contributed by atoms with van der Waals surface area (Å²) in [4.78, 5) is 36.9. The lowest BCUT2D eigenvalue weighted by Gasteiger charge is -2.27. The van der Waals surface area contributed by atoms with Gasteiger partial charge in [0.2, 0.25) is 5.91 Å². The van der Waals surface area contributed by atoms with Gasteiger partial charge in [-0.25, -0.2) is 4.79 Å². The van der Waals surface area contributed by atoms with E-state index >= 15 is 0 Å². The first kappa shape index (κ1) is 24.3. The molecule has 1 aromatic heterocycles. The normalized spacial score (nSPS) is 12.6. The minimum Gasteiger partial charge on any atom is -0.445 e. The predicted molar refractivity (Wildman–Crippen MR) is 124 cm³/mol. The molecule has 0 aliphatic carbocycles. The number of ether oxygens (including phenoxy) is 1. The molecule has 0 saturated carbocycles. The lowest BCUT2D eigenvalue weighted by molar-refractivity contribution is -0.137. The molecule has 0 unspecified atom stereocenters. The molecule has 0 fully saturated rings. The Morgan fingerprint density at radius 2 is 1.83 bits per heavy atom. The number of halogens is 3. The van der Waals surface area contributed by atoms with Crippen molar-refractivity contribution in [1.29, 1.82) is 0 Å². The zero-order valence-electron chi connectivity index (χ0n) is 19.2. The molecule has 2 heterocycles. The van der Waals surface area contributed by atoms with E-state index in [9.17, 15) is 27.6 Å². The van der Waals surface area contributed by atoms with Crippen molar-refractivity contribution < 1.29 is 27.5 Å². The minimum atomic E-state index is -4.59. The molecule has 2 aromatic carbocycles. The number of aromatic nitrogens is 1. The van der Waals surface area contributed by atoms with Gasteiger partial charge in [0.05, 0.1) is 11.3 Å². The van der Waals surface area contributed by atoms with Crippen LogP contribution < -0.4 is 16.2 Å². The topological polar surface area (TPSA) is 89.4 Å². The third-order valence-electron chi connectivity index (χ3n) is 6.19. The summed E-state index contributed by atoms with van der Waals surface area (Å²) < 4.78 is 46.8. The maximum Gasteiger partial charge on any atom is 0.416 e. The van der Waals surface area contributed by atoms with Crippen LogP contribution in [0, 0.1) is 0 Å². The second kappa shape index (κ2) is 9.44. The fourth-order valence-electron chi connectivity index (χ4n) is 4.44. The molecule has 0 saturated heterocycles. The van der Waals surface area contributed by atoms with Crippen LogP contribution in [0.2, 0.25) is 0 Å². The molecular formula is C25H24F3N3O4. The second-order valence-electron chi connectivity index (χ2n) is 8.28. The van der Waals surface area contributed by atoms with Gasteiger partial charge in [0.25, 0.3) is 5.56 Å². The van der Waals surface area contributed by atoms with E-state index in [1.54, 1.807) is 0 Å². The van der Waals surface area contributed by atoms with Gasteiger partial charge in [-0.2, -0.15) is 13.2 Å². The van der Waals surface area contributed by atoms with Gasteiger partial charge in [-0.15, -0.1) is 0 Å². The van der Waals surface area contributed by atoms with Crippen LogP contribution in [0.1, 0.15) is 28.7 Å². The number of hydrogen-bond acceptors (Lipinski definition) is 4. The zero-order chi connectivity index (χ0) is 25.3. The number of nitrogens with one attached hydrogen (secondary N) is 2. The maximum absolute atomic E-state index is 13.4. The van der Waals surface area contributed by atoms with Crippen molar-refractivity contribution in [2.24, 2.45) is 0 Å². The van der Waals surface area contributed by atoms with Crippen LogP contribution in [0.15, 0.2) is 41.2 Å². The third-order valence-corrected chi connectivity index (χ3v) is 6.19. The van der Waals surface area contributed by atoms with E-state index in [1.165, 1.54) is 24.7 Å². The number of carbonyl (C=O) groups is 2. The van der Waals surface area contributed by atoms with Crippen LogP contribution in [0.3, 0.4) is 0 Å². The smallest absolute Gasteiger partial charge is 0.416 e. The van der Waals surface area contributed by atoms with E-state index in [-0.39, 0.29) is 30.7 Å². The lowest BCUT2D eigenvalue weighted by atomic mass is 9.88. The Labute approximate surface area is 198 Å². The van der Waals surface area contributed by atoms with Crippen molar-refractivity contribution in [3.8, 4) is 11.3 Å². The highest BCUT2D eigenvalue weighted by Gasteiger charge is 2.32. The summed E-state index contributed by atoms with van der Waals surface area (Å²) in [7, 11) is 2.96. The van der Waals surface area contributed by atoms with Crippen LogP contribution in [0.25, 0.3) is 22.0 Å². The lowest BCUT2D eigenvalue weighted by Crippen LogP contribution is -2.29. The fourth-order valence-corrected chi connectivity index (χ4v) is 4.44. The number of alkyl halides is 3. The summed E-state index contributed by atoms with van der Waals surface area (Å²) in [5.41, 5.74) is 2.18. The molecule has 184 valence electrons. The molecule has 0 spiro atoms. The zero-order valence-corrected chi connectivity index (χ0v) is 19.2. The summed E-state index contributed by atoms with van der Waals surface area (Å²) in [6, 6.07) is 8.70. The highest BCUT2D eigenvalue weighted by molar-refractivity contribution is 5.92. The van der Waals surface area contributed by atoms with Crippen LogP contribution in [-0.4, -0.2) is 30.7 Å². The van der Waals surface area contributed by atoms with Gasteiger partial charge in [0.15, 0.2) is 0 Å². The van der Waals surface area contributed by atoms with Gasteiger partial charge in [-0.1, -0.05) is 18.2 Å². The summed E-state index contributed by atoms with van der Waals surface area (Å²) >= 11 is 0. The Bertz CT molecular complexity index is 1380. The number of nitrogens with zero attached hydrogens (tertiary/aromatic N) is 1. The molecule has 10 heteroatoms. The molecule has 35 heavy (non-hydrogen) atoms. The van der Waals surface area contributed by atoms with Crippen LogP contribution >= 0.6 is 0 Å². The molecule has 2 N–H and O–H groups in total. The number of hydrogen-bond donors (Lipinski definition) is 2. The number of pyridine rings is 1. The van der Waals surface area contributed by atoms with Crippen molar-refractivity contribution >= 4 is 22.8 Å². The summed E-state index contributed by atoms with van der Waals surface area (Å²) in [5.74, 6) is -0.223. The average molecular weight is 487 g/mol. The first-order valence-electron chi connectivity index (χ1n) is 11.1. The highest BCUT2D eigenvalue weighted by atomic mass is 19.4. The summed E-state index contributed by atoms with van der Waals surface area (Å²) in [6.45, 7) is 0.307. The molecule has 0 bridgehead atoms. The number of aryl methyl sites for hydroxylation is 2. The Hall–Kier alpha value is -3.82. The van der Waals surface area contributed by atoms with Crippen LogP contribution in [0.4, 0.5) is 18.0 Å². The first-order chi connectivity index (χ1) is 16.6. The van der Waals surface area contributed by atoms with E-state index in [2.05, 4.69) is 10.6 Å². The van der Waals surface area contributed by atoms with Gasteiger partial charge < -0.3 is 19.9 Å². The third kappa shape index (κ3) is 4.73. The molecule has 0 atom stereocenters. The van der Waals surface area contributed by atoms with Gasteiger partial charge >= 0.3 is 12.3 Å². The molecular weight excluding hydrogens is 463 g/mol. The standard InChI is InChI=1S/C25H24F3N3O4/c1-29-21(32)8-7-18-17-6-5-16(25(26,27)28)12-20(17)23(33)31-10-9-15-4-3-14(11-19(15)22(18)31)13-35-24(34)30-2/h3-6,11-12H,7-10,13H2,1-2H3,(H,29,32)(H,30,34). The quantitative estimate of drug-likeness (QED) is 0.573. The monoisotopic (exact) mass is 487 g/mol. The summed E-state index contributed by atoms with van der Waals surface area (Å²) in [6.07, 6.45) is -4.33. The number of carbonyl (C=O) groups excluding carboxylic acids is 2. The number of rotatable bonds is 5. The molecule has 2 amide bonds. The van der Waals surface area contributed by atoms with Crippen LogP contribution in [-0.2, 0) is 41.7 Å². The minimum absolute atomic E-state index is 0.00723. The highest BCUT2D eigenvalue weighted by Crippen LogP contribution is 2.38. The predicted octanol–water partition coefficient (Wildman–Crippen LogP) is 3.78. The molecule has 1 aliphatic heterocycles.